The third-order valence-electron chi connectivity index (χ3n) is 4.34. The molecule has 0 amide bonds. The molecule has 3 atom stereocenters. The lowest BCUT2D eigenvalue weighted by Crippen LogP contribution is -2.23. The van der Waals surface area contributed by atoms with E-state index in [-0.39, 0.29) is 6.10 Å². The monoisotopic (exact) mass is 250 g/mol. The number of aliphatic hydroxyl groups excluding tert-OH is 1. The van der Waals surface area contributed by atoms with Crippen molar-refractivity contribution < 1.29 is 5.11 Å². The number of hydrogen-bond acceptors (Lipinski definition) is 2. The number of aliphatic hydroxyl groups is 1. The molecule has 0 aromatic carbocycles. The Morgan fingerprint density at radius 1 is 1.44 bits per heavy atom. The summed E-state index contributed by atoms with van der Waals surface area (Å²) in [5.41, 5.74) is 0.992. The third kappa shape index (κ3) is 2.77. The smallest absolute Gasteiger partial charge is 0.0984 e. The Bertz CT molecular complexity index is 372. The average Bonchev–Trinajstić information content (AvgIpc) is 2.87. The second kappa shape index (κ2) is 5.87. The Kier molecular flexibility index (Phi) is 4.44. The second-order valence-corrected chi connectivity index (χ2v) is 5.94. The minimum Gasteiger partial charge on any atom is -0.387 e. The van der Waals surface area contributed by atoms with E-state index in [1.54, 1.807) is 6.20 Å². The minimum absolute atomic E-state index is 0.315. The maximum atomic E-state index is 10.6. The summed E-state index contributed by atoms with van der Waals surface area (Å²) in [6, 6.07) is 2.29. The first-order valence-electron chi connectivity index (χ1n) is 7.35. The van der Waals surface area contributed by atoms with E-state index in [4.69, 9.17) is 0 Å². The highest BCUT2D eigenvalue weighted by Crippen LogP contribution is 2.38. The fourth-order valence-electron chi connectivity index (χ4n) is 3.22. The van der Waals surface area contributed by atoms with Crippen molar-refractivity contribution in [1.29, 1.82) is 0 Å². The lowest BCUT2D eigenvalue weighted by Gasteiger charge is -2.32. The predicted octanol–water partition coefficient (Wildman–Crippen LogP) is 3.71. The van der Waals surface area contributed by atoms with Gasteiger partial charge in [0.2, 0.25) is 0 Å². The summed E-state index contributed by atoms with van der Waals surface area (Å²) in [7, 11) is 0. The molecule has 1 saturated carbocycles. The van der Waals surface area contributed by atoms with Crippen LogP contribution in [0, 0.1) is 11.8 Å². The van der Waals surface area contributed by atoms with E-state index >= 15 is 0 Å². The highest BCUT2D eigenvalue weighted by Gasteiger charge is 2.29. The SMILES string of the molecule is CCC1CCCC(C(O)c2ccnn2C(C)C)C1. The van der Waals surface area contributed by atoms with E-state index in [0.29, 0.717) is 12.0 Å². The number of hydrogen-bond donors (Lipinski definition) is 1. The molecule has 1 aliphatic rings. The summed E-state index contributed by atoms with van der Waals surface area (Å²) in [4.78, 5) is 0. The molecule has 1 heterocycles. The standard InChI is InChI=1S/C15H26N2O/c1-4-12-6-5-7-13(10-12)15(18)14-8-9-16-17(14)11(2)3/h8-9,11-13,15,18H,4-7,10H2,1-3H3. The van der Waals surface area contributed by atoms with Crippen molar-refractivity contribution in [1.82, 2.24) is 9.78 Å². The van der Waals surface area contributed by atoms with Gasteiger partial charge in [-0.05, 0) is 44.6 Å². The molecule has 3 unspecified atom stereocenters. The molecule has 1 aromatic heterocycles. The zero-order chi connectivity index (χ0) is 13.1. The molecule has 1 fully saturated rings. The van der Waals surface area contributed by atoms with E-state index in [1.807, 2.05) is 10.7 Å². The first kappa shape index (κ1) is 13.6. The van der Waals surface area contributed by atoms with Gasteiger partial charge in [0.25, 0.3) is 0 Å². The fraction of sp³-hybridized carbons (Fsp3) is 0.800. The summed E-state index contributed by atoms with van der Waals surface area (Å²) in [5.74, 6) is 1.21. The molecule has 0 saturated heterocycles. The molecular weight excluding hydrogens is 224 g/mol. The van der Waals surface area contributed by atoms with Gasteiger partial charge in [0, 0.05) is 12.2 Å². The van der Waals surface area contributed by atoms with Crippen LogP contribution in [0.15, 0.2) is 12.3 Å². The predicted molar refractivity (Wildman–Crippen MR) is 73.3 cm³/mol. The van der Waals surface area contributed by atoms with Crippen molar-refractivity contribution in [2.75, 3.05) is 0 Å². The van der Waals surface area contributed by atoms with Crippen LogP contribution in [-0.2, 0) is 0 Å². The Hall–Kier alpha value is -0.830. The number of aromatic nitrogens is 2. The minimum atomic E-state index is -0.343. The summed E-state index contributed by atoms with van der Waals surface area (Å²) < 4.78 is 1.96. The Morgan fingerprint density at radius 3 is 2.89 bits per heavy atom. The fourth-order valence-corrected chi connectivity index (χ4v) is 3.22. The van der Waals surface area contributed by atoms with Crippen LogP contribution in [0.2, 0.25) is 0 Å². The molecular formula is C15H26N2O. The molecule has 3 heteroatoms. The molecule has 1 N–H and O–H groups in total. The van der Waals surface area contributed by atoms with Crippen molar-refractivity contribution in [2.45, 2.75) is 65.0 Å². The quantitative estimate of drug-likeness (QED) is 0.884. The van der Waals surface area contributed by atoms with Crippen molar-refractivity contribution >= 4 is 0 Å². The van der Waals surface area contributed by atoms with Gasteiger partial charge < -0.3 is 5.11 Å². The van der Waals surface area contributed by atoms with E-state index < -0.39 is 0 Å². The molecule has 0 aliphatic heterocycles. The summed E-state index contributed by atoms with van der Waals surface area (Å²) in [5, 5.41) is 14.9. The molecule has 0 spiro atoms. The van der Waals surface area contributed by atoms with Crippen molar-refractivity contribution in [2.24, 2.45) is 11.8 Å². The lowest BCUT2D eigenvalue weighted by molar-refractivity contribution is 0.0598. The van der Waals surface area contributed by atoms with Crippen LogP contribution in [0.5, 0.6) is 0 Å². The summed E-state index contributed by atoms with van der Waals surface area (Å²) in [6.45, 7) is 6.48. The Balaban J connectivity index is 2.10. The summed E-state index contributed by atoms with van der Waals surface area (Å²) in [6.07, 6.45) is 7.62. The highest BCUT2D eigenvalue weighted by atomic mass is 16.3. The van der Waals surface area contributed by atoms with Crippen LogP contribution in [0.3, 0.4) is 0 Å². The van der Waals surface area contributed by atoms with Crippen molar-refractivity contribution in [3.8, 4) is 0 Å². The van der Waals surface area contributed by atoms with Gasteiger partial charge in [0.15, 0.2) is 0 Å². The van der Waals surface area contributed by atoms with Crippen molar-refractivity contribution in [3.05, 3.63) is 18.0 Å². The Morgan fingerprint density at radius 2 is 2.22 bits per heavy atom. The molecule has 3 nitrogen and oxygen atoms in total. The Labute approximate surface area is 110 Å². The van der Waals surface area contributed by atoms with Crippen LogP contribution in [0.25, 0.3) is 0 Å². The largest absolute Gasteiger partial charge is 0.387 e. The molecule has 2 rings (SSSR count). The van der Waals surface area contributed by atoms with Crippen LogP contribution >= 0.6 is 0 Å². The molecule has 1 aliphatic carbocycles. The first-order chi connectivity index (χ1) is 8.63. The van der Waals surface area contributed by atoms with E-state index in [2.05, 4.69) is 25.9 Å². The van der Waals surface area contributed by atoms with Crippen LogP contribution in [0.4, 0.5) is 0 Å². The van der Waals surface area contributed by atoms with Gasteiger partial charge in [-0.1, -0.05) is 26.2 Å². The van der Waals surface area contributed by atoms with Gasteiger partial charge in [-0.25, -0.2) is 0 Å². The first-order valence-corrected chi connectivity index (χ1v) is 7.35. The van der Waals surface area contributed by atoms with E-state index in [1.165, 1.54) is 25.7 Å². The zero-order valence-electron chi connectivity index (χ0n) is 11.8. The molecule has 102 valence electrons. The number of rotatable bonds is 4. The highest BCUT2D eigenvalue weighted by molar-refractivity contribution is 5.07. The zero-order valence-corrected chi connectivity index (χ0v) is 11.8. The molecule has 0 radical (unpaired) electrons. The topological polar surface area (TPSA) is 38.1 Å². The van der Waals surface area contributed by atoms with Crippen LogP contribution in [0.1, 0.15) is 70.7 Å². The summed E-state index contributed by atoms with van der Waals surface area (Å²) >= 11 is 0. The average molecular weight is 250 g/mol. The van der Waals surface area contributed by atoms with E-state index in [0.717, 1.165) is 18.0 Å². The molecule has 1 aromatic rings. The van der Waals surface area contributed by atoms with Crippen LogP contribution in [-0.4, -0.2) is 14.9 Å². The van der Waals surface area contributed by atoms with Gasteiger partial charge >= 0.3 is 0 Å². The van der Waals surface area contributed by atoms with Gasteiger partial charge in [-0.15, -0.1) is 0 Å². The maximum Gasteiger partial charge on any atom is 0.0984 e. The van der Waals surface area contributed by atoms with Gasteiger partial charge in [0.1, 0.15) is 0 Å². The van der Waals surface area contributed by atoms with Gasteiger partial charge in [-0.2, -0.15) is 5.10 Å². The van der Waals surface area contributed by atoms with Gasteiger partial charge in [0.05, 0.1) is 11.8 Å². The number of nitrogens with zero attached hydrogens (tertiary/aromatic N) is 2. The second-order valence-electron chi connectivity index (χ2n) is 5.94. The maximum absolute atomic E-state index is 10.6. The third-order valence-corrected chi connectivity index (χ3v) is 4.34. The molecule has 18 heavy (non-hydrogen) atoms. The van der Waals surface area contributed by atoms with Crippen molar-refractivity contribution in [3.63, 3.8) is 0 Å². The normalized spacial score (nSPS) is 26.5. The van der Waals surface area contributed by atoms with Gasteiger partial charge in [-0.3, -0.25) is 4.68 Å². The molecule has 0 bridgehead atoms. The van der Waals surface area contributed by atoms with Crippen LogP contribution < -0.4 is 0 Å². The lowest BCUT2D eigenvalue weighted by atomic mass is 9.77. The van der Waals surface area contributed by atoms with E-state index in [9.17, 15) is 5.11 Å².